The Hall–Kier alpha value is -1.32. The Morgan fingerprint density at radius 3 is 2.21 bits per heavy atom. The summed E-state index contributed by atoms with van der Waals surface area (Å²) >= 11 is 0. The standard InChI is InChI=1S/C10H16O4/c1-5-8(10(12)14-4)7(2)6-9(11)13-3/h5,7H,6H2,1-4H3. The SMILES string of the molecule is CC=C(C(=O)OC)C(C)CC(=O)OC. The molecule has 80 valence electrons. The molecule has 0 amide bonds. The van der Waals surface area contributed by atoms with Gasteiger partial charge in [-0.2, -0.15) is 0 Å². The van der Waals surface area contributed by atoms with Crippen LogP contribution in [0.5, 0.6) is 0 Å². The minimum atomic E-state index is -0.399. The van der Waals surface area contributed by atoms with Gasteiger partial charge in [-0.3, -0.25) is 4.79 Å². The van der Waals surface area contributed by atoms with Crippen molar-refractivity contribution in [2.75, 3.05) is 14.2 Å². The van der Waals surface area contributed by atoms with Gasteiger partial charge >= 0.3 is 11.9 Å². The maximum absolute atomic E-state index is 11.2. The van der Waals surface area contributed by atoms with Gasteiger partial charge in [0.05, 0.1) is 20.6 Å². The maximum Gasteiger partial charge on any atom is 0.333 e. The summed E-state index contributed by atoms with van der Waals surface area (Å²) in [7, 11) is 2.64. The highest BCUT2D eigenvalue weighted by atomic mass is 16.5. The first-order chi connectivity index (χ1) is 6.56. The number of hydrogen-bond donors (Lipinski definition) is 0. The first-order valence-corrected chi connectivity index (χ1v) is 4.38. The third-order valence-electron chi connectivity index (χ3n) is 1.96. The van der Waals surface area contributed by atoms with E-state index in [1.54, 1.807) is 19.9 Å². The number of carbonyl (C=O) groups is 2. The summed E-state index contributed by atoms with van der Waals surface area (Å²) in [6.07, 6.45) is 1.84. The Labute approximate surface area is 83.9 Å². The number of carbonyl (C=O) groups excluding carboxylic acids is 2. The number of methoxy groups -OCH3 is 2. The highest BCUT2D eigenvalue weighted by Gasteiger charge is 2.19. The van der Waals surface area contributed by atoms with Crippen molar-refractivity contribution in [2.45, 2.75) is 20.3 Å². The monoisotopic (exact) mass is 200 g/mol. The zero-order valence-corrected chi connectivity index (χ0v) is 8.99. The second-order valence-electron chi connectivity index (χ2n) is 2.92. The van der Waals surface area contributed by atoms with Crippen molar-refractivity contribution in [2.24, 2.45) is 5.92 Å². The van der Waals surface area contributed by atoms with E-state index < -0.39 is 5.97 Å². The summed E-state index contributed by atoms with van der Waals surface area (Å²) in [6, 6.07) is 0. The van der Waals surface area contributed by atoms with Crippen LogP contribution in [0.2, 0.25) is 0 Å². The molecule has 0 aromatic rings. The summed E-state index contributed by atoms with van der Waals surface area (Å²) in [4.78, 5) is 22.2. The fraction of sp³-hybridized carbons (Fsp3) is 0.600. The molecule has 0 saturated carbocycles. The van der Waals surface area contributed by atoms with Gasteiger partial charge in [-0.25, -0.2) is 4.79 Å². The van der Waals surface area contributed by atoms with Gasteiger partial charge in [0.2, 0.25) is 0 Å². The molecule has 0 aromatic heterocycles. The first kappa shape index (κ1) is 12.7. The van der Waals surface area contributed by atoms with E-state index in [1.165, 1.54) is 14.2 Å². The molecule has 4 heteroatoms. The third-order valence-corrected chi connectivity index (χ3v) is 1.96. The van der Waals surface area contributed by atoms with Crippen molar-refractivity contribution in [1.82, 2.24) is 0 Å². The minimum Gasteiger partial charge on any atom is -0.469 e. The molecule has 14 heavy (non-hydrogen) atoms. The fourth-order valence-electron chi connectivity index (χ4n) is 1.16. The summed E-state index contributed by atoms with van der Waals surface area (Å²) < 4.78 is 9.09. The Morgan fingerprint density at radius 2 is 1.86 bits per heavy atom. The quantitative estimate of drug-likeness (QED) is 0.507. The van der Waals surface area contributed by atoms with E-state index >= 15 is 0 Å². The van der Waals surface area contributed by atoms with Crippen LogP contribution in [0.25, 0.3) is 0 Å². The van der Waals surface area contributed by atoms with E-state index in [9.17, 15) is 9.59 Å². The van der Waals surface area contributed by atoms with Gasteiger partial charge in [0.1, 0.15) is 0 Å². The molecule has 0 fully saturated rings. The molecule has 0 aliphatic carbocycles. The maximum atomic E-state index is 11.2. The van der Waals surface area contributed by atoms with E-state index in [0.717, 1.165) is 0 Å². The number of rotatable bonds is 4. The van der Waals surface area contributed by atoms with E-state index in [0.29, 0.717) is 5.57 Å². The number of ether oxygens (including phenoxy) is 2. The van der Waals surface area contributed by atoms with Crippen LogP contribution in [0.1, 0.15) is 20.3 Å². The van der Waals surface area contributed by atoms with Crippen LogP contribution in [0.3, 0.4) is 0 Å². The smallest absolute Gasteiger partial charge is 0.333 e. The molecule has 0 aromatic carbocycles. The van der Waals surface area contributed by atoms with Crippen LogP contribution in [0, 0.1) is 5.92 Å². The van der Waals surface area contributed by atoms with Crippen LogP contribution >= 0.6 is 0 Å². The molecular formula is C10H16O4. The highest BCUT2D eigenvalue weighted by Crippen LogP contribution is 2.16. The van der Waals surface area contributed by atoms with Gasteiger partial charge in [0, 0.05) is 5.57 Å². The zero-order chi connectivity index (χ0) is 11.1. The largest absolute Gasteiger partial charge is 0.469 e. The van der Waals surface area contributed by atoms with E-state index in [2.05, 4.69) is 9.47 Å². The summed E-state index contributed by atoms with van der Waals surface area (Å²) in [5.74, 6) is -0.912. The molecule has 0 radical (unpaired) electrons. The van der Waals surface area contributed by atoms with Gasteiger partial charge in [0.25, 0.3) is 0 Å². The summed E-state index contributed by atoms with van der Waals surface area (Å²) in [5.41, 5.74) is 0.498. The highest BCUT2D eigenvalue weighted by molar-refractivity contribution is 5.89. The molecule has 0 saturated heterocycles. The van der Waals surface area contributed by atoms with Crippen molar-refractivity contribution in [3.63, 3.8) is 0 Å². The van der Waals surface area contributed by atoms with Gasteiger partial charge in [0.15, 0.2) is 0 Å². The Balaban J connectivity index is 4.41. The summed E-state index contributed by atoms with van der Waals surface area (Å²) in [5, 5.41) is 0. The lowest BCUT2D eigenvalue weighted by molar-refractivity contribution is -0.141. The topological polar surface area (TPSA) is 52.6 Å². The Kier molecular flexibility index (Phi) is 5.60. The van der Waals surface area contributed by atoms with E-state index in [-0.39, 0.29) is 18.3 Å². The zero-order valence-electron chi connectivity index (χ0n) is 8.99. The average Bonchev–Trinajstić information content (AvgIpc) is 2.18. The second kappa shape index (κ2) is 6.18. The lowest BCUT2D eigenvalue weighted by atomic mass is 9.97. The van der Waals surface area contributed by atoms with E-state index in [1.807, 2.05) is 0 Å². The first-order valence-electron chi connectivity index (χ1n) is 4.38. The van der Waals surface area contributed by atoms with Crippen LogP contribution in [0.15, 0.2) is 11.6 Å². The molecule has 0 heterocycles. The number of hydrogen-bond acceptors (Lipinski definition) is 4. The lowest BCUT2D eigenvalue weighted by Gasteiger charge is -2.12. The van der Waals surface area contributed by atoms with Gasteiger partial charge in [-0.15, -0.1) is 0 Å². The van der Waals surface area contributed by atoms with Crippen LogP contribution in [-0.4, -0.2) is 26.2 Å². The fourth-order valence-corrected chi connectivity index (χ4v) is 1.16. The summed E-state index contributed by atoms with van der Waals surface area (Å²) in [6.45, 7) is 3.52. The molecule has 0 N–H and O–H groups in total. The van der Waals surface area contributed by atoms with Crippen molar-refractivity contribution in [1.29, 1.82) is 0 Å². The Bertz CT molecular complexity index is 243. The van der Waals surface area contributed by atoms with E-state index in [4.69, 9.17) is 0 Å². The average molecular weight is 200 g/mol. The molecule has 1 atom stereocenters. The minimum absolute atomic E-state index is 0.181. The molecule has 0 rings (SSSR count). The van der Waals surface area contributed by atoms with Gasteiger partial charge in [-0.1, -0.05) is 13.0 Å². The van der Waals surface area contributed by atoms with Crippen LogP contribution in [-0.2, 0) is 19.1 Å². The molecule has 0 aliphatic rings. The molecule has 0 aliphatic heterocycles. The molecule has 1 unspecified atom stereocenters. The second-order valence-corrected chi connectivity index (χ2v) is 2.92. The lowest BCUT2D eigenvalue weighted by Crippen LogP contribution is -2.16. The molecule has 0 spiro atoms. The van der Waals surface area contributed by atoms with Crippen molar-refractivity contribution >= 4 is 11.9 Å². The van der Waals surface area contributed by atoms with Crippen LogP contribution < -0.4 is 0 Å². The predicted octanol–water partition coefficient (Wildman–Crippen LogP) is 1.30. The Morgan fingerprint density at radius 1 is 1.29 bits per heavy atom. The number of esters is 2. The molecular weight excluding hydrogens is 184 g/mol. The molecule has 4 nitrogen and oxygen atoms in total. The third kappa shape index (κ3) is 3.60. The number of allylic oxidation sites excluding steroid dienone is 1. The van der Waals surface area contributed by atoms with Crippen molar-refractivity contribution in [3.8, 4) is 0 Å². The normalized spacial score (nSPS) is 13.3. The molecule has 0 bridgehead atoms. The van der Waals surface area contributed by atoms with Crippen molar-refractivity contribution < 1.29 is 19.1 Å². The van der Waals surface area contributed by atoms with Crippen LogP contribution in [0.4, 0.5) is 0 Å². The predicted molar refractivity (Wildman–Crippen MR) is 51.6 cm³/mol. The van der Waals surface area contributed by atoms with Crippen molar-refractivity contribution in [3.05, 3.63) is 11.6 Å². The van der Waals surface area contributed by atoms with Gasteiger partial charge < -0.3 is 9.47 Å². The van der Waals surface area contributed by atoms with Gasteiger partial charge in [-0.05, 0) is 12.8 Å².